The minimum Gasteiger partial charge on any atom is -0.483 e. The summed E-state index contributed by atoms with van der Waals surface area (Å²) in [5.41, 5.74) is 1.53. The summed E-state index contributed by atoms with van der Waals surface area (Å²) < 4.78 is 0. The molecular formula is C20H33NO3. The summed E-state index contributed by atoms with van der Waals surface area (Å²) in [6.07, 6.45) is 2.87. The van der Waals surface area contributed by atoms with Gasteiger partial charge in [0, 0.05) is 17.6 Å². The maximum atomic E-state index is 10.3. The van der Waals surface area contributed by atoms with E-state index in [0.29, 0.717) is 5.92 Å². The minimum absolute atomic E-state index is 0.219. The third-order valence-electron chi connectivity index (χ3n) is 4.80. The fraction of sp³-hybridized carbons (Fsp3) is 0.650. The average molecular weight is 335 g/mol. The van der Waals surface area contributed by atoms with Crippen molar-refractivity contribution >= 4 is 6.47 Å². The molecule has 1 aromatic rings. The molecule has 136 valence electrons. The van der Waals surface area contributed by atoms with Crippen LogP contribution in [-0.2, 0) is 4.79 Å². The maximum Gasteiger partial charge on any atom is 0.290 e. The van der Waals surface area contributed by atoms with Gasteiger partial charge in [0.2, 0.25) is 0 Å². The van der Waals surface area contributed by atoms with Crippen LogP contribution in [0, 0.1) is 5.92 Å². The Morgan fingerprint density at radius 2 is 1.83 bits per heavy atom. The first-order chi connectivity index (χ1) is 11.1. The molecule has 2 N–H and O–H groups in total. The Labute approximate surface area is 146 Å². The third kappa shape index (κ3) is 5.91. The van der Waals surface area contributed by atoms with Crippen molar-refractivity contribution in [3.05, 3.63) is 35.9 Å². The summed E-state index contributed by atoms with van der Waals surface area (Å²) in [7, 11) is 0. The summed E-state index contributed by atoms with van der Waals surface area (Å²) in [4.78, 5) is 11.0. The zero-order valence-corrected chi connectivity index (χ0v) is 15.7. The minimum atomic E-state index is -0.321. The molecular weight excluding hydrogens is 302 g/mol. The van der Waals surface area contributed by atoms with Crippen molar-refractivity contribution in [1.82, 2.24) is 4.90 Å². The van der Waals surface area contributed by atoms with Gasteiger partial charge in [0.15, 0.2) is 0 Å². The van der Waals surface area contributed by atoms with Crippen LogP contribution in [0.3, 0.4) is 0 Å². The first kappa shape index (κ1) is 20.7. The molecule has 1 heterocycles. The molecule has 0 bridgehead atoms. The van der Waals surface area contributed by atoms with Crippen LogP contribution in [0.4, 0.5) is 0 Å². The van der Waals surface area contributed by atoms with Crippen LogP contribution in [0.15, 0.2) is 30.3 Å². The van der Waals surface area contributed by atoms with Crippen molar-refractivity contribution in [2.75, 3.05) is 6.54 Å². The molecule has 0 aliphatic carbocycles. The standard InChI is InChI=1S/C19H31NO.CH2O2/c1-18(2,3)20-14-15(13-19(20,4)5)11-12-17(21)16-9-7-6-8-10-16;2-1-3/h6-10,15,17,21H,11-14H2,1-5H3;1H,(H,2,3). The highest BCUT2D eigenvalue weighted by atomic mass is 16.3. The van der Waals surface area contributed by atoms with Crippen molar-refractivity contribution in [1.29, 1.82) is 0 Å². The smallest absolute Gasteiger partial charge is 0.290 e. The second-order valence-corrected chi connectivity index (χ2v) is 8.27. The van der Waals surface area contributed by atoms with E-state index in [1.165, 1.54) is 6.42 Å². The van der Waals surface area contributed by atoms with Gasteiger partial charge in [-0.15, -0.1) is 0 Å². The molecule has 2 rings (SSSR count). The number of likely N-dealkylation sites (tertiary alicyclic amines) is 1. The molecule has 4 heteroatoms. The number of hydrogen-bond acceptors (Lipinski definition) is 3. The van der Waals surface area contributed by atoms with E-state index in [1.54, 1.807) is 0 Å². The van der Waals surface area contributed by atoms with Gasteiger partial charge < -0.3 is 10.2 Å². The number of carboxylic acid groups (broad SMARTS) is 1. The van der Waals surface area contributed by atoms with E-state index in [-0.39, 0.29) is 23.7 Å². The normalized spacial score (nSPS) is 21.7. The largest absolute Gasteiger partial charge is 0.483 e. The number of benzene rings is 1. The Morgan fingerprint density at radius 1 is 1.29 bits per heavy atom. The lowest BCUT2D eigenvalue weighted by atomic mass is 9.90. The second kappa shape index (κ2) is 8.63. The Balaban J connectivity index is 0.000000891. The van der Waals surface area contributed by atoms with Gasteiger partial charge in [-0.3, -0.25) is 9.69 Å². The summed E-state index contributed by atoms with van der Waals surface area (Å²) in [6, 6.07) is 10.0. The van der Waals surface area contributed by atoms with Gasteiger partial charge in [-0.2, -0.15) is 0 Å². The van der Waals surface area contributed by atoms with E-state index in [4.69, 9.17) is 9.90 Å². The van der Waals surface area contributed by atoms with Gasteiger partial charge in [-0.05, 0) is 65.4 Å². The third-order valence-corrected chi connectivity index (χ3v) is 4.80. The van der Waals surface area contributed by atoms with E-state index in [9.17, 15) is 5.11 Å². The quantitative estimate of drug-likeness (QED) is 0.813. The highest BCUT2D eigenvalue weighted by Gasteiger charge is 2.43. The Bertz CT molecular complexity index is 493. The molecule has 0 spiro atoms. The molecule has 1 fully saturated rings. The van der Waals surface area contributed by atoms with Crippen LogP contribution in [0.5, 0.6) is 0 Å². The zero-order chi connectivity index (χ0) is 18.4. The van der Waals surface area contributed by atoms with E-state index >= 15 is 0 Å². The number of rotatable bonds is 4. The van der Waals surface area contributed by atoms with Crippen molar-refractivity contribution in [3.63, 3.8) is 0 Å². The van der Waals surface area contributed by atoms with E-state index < -0.39 is 0 Å². The van der Waals surface area contributed by atoms with Crippen molar-refractivity contribution in [2.45, 2.75) is 71.1 Å². The fourth-order valence-electron chi connectivity index (χ4n) is 4.00. The fourth-order valence-corrected chi connectivity index (χ4v) is 4.00. The van der Waals surface area contributed by atoms with E-state index in [2.05, 4.69) is 39.5 Å². The molecule has 0 radical (unpaired) electrons. The molecule has 1 saturated heterocycles. The van der Waals surface area contributed by atoms with Crippen molar-refractivity contribution in [3.8, 4) is 0 Å². The number of aliphatic hydroxyl groups excluding tert-OH is 1. The lowest BCUT2D eigenvalue weighted by Crippen LogP contribution is -2.50. The molecule has 2 atom stereocenters. The molecule has 2 unspecified atom stereocenters. The molecule has 1 aromatic carbocycles. The van der Waals surface area contributed by atoms with Gasteiger partial charge in [0.1, 0.15) is 0 Å². The monoisotopic (exact) mass is 335 g/mol. The molecule has 0 amide bonds. The highest BCUT2D eigenvalue weighted by molar-refractivity contribution is 5.32. The molecule has 24 heavy (non-hydrogen) atoms. The first-order valence-electron chi connectivity index (χ1n) is 8.70. The highest BCUT2D eigenvalue weighted by Crippen LogP contribution is 2.40. The SMILES string of the molecule is CC(C)(C)N1CC(CCC(O)c2ccccc2)CC1(C)C.O=CO. The number of aliphatic hydroxyl groups is 1. The van der Waals surface area contributed by atoms with Crippen LogP contribution in [0.2, 0.25) is 0 Å². The van der Waals surface area contributed by atoms with Crippen LogP contribution in [-0.4, -0.2) is 39.2 Å². The van der Waals surface area contributed by atoms with Crippen LogP contribution < -0.4 is 0 Å². The molecule has 1 aliphatic rings. The summed E-state index contributed by atoms with van der Waals surface area (Å²) in [5.74, 6) is 0.692. The molecule has 4 nitrogen and oxygen atoms in total. The Hall–Kier alpha value is -1.39. The van der Waals surface area contributed by atoms with Gasteiger partial charge >= 0.3 is 0 Å². The molecule has 0 saturated carbocycles. The maximum absolute atomic E-state index is 10.3. The number of hydrogen-bond donors (Lipinski definition) is 2. The Kier molecular flexibility index (Phi) is 7.43. The molecule has 0 aromatic heterocycles. The van der Waals surface area contributed by atoms with Crippen molar-refractivity contribution in [2.24, 2.45) is 5.92 Å². The predicted octanol–water partition coefficient (Wildman–Crippen LogP) is 4.10. The zero-order valence-electron chi connectivity index (χ0n) is 15.7. The van der Waals surface area contributed by atoms with Gasteiger partial charge in [-0.25, -0.2) is 0 Å². The first-order valence-corrected chi connectivity index (χ1v) is 8.70. The van der Waals surface area contributed by atoms with E-state index in [1.807, 2.05) is 30.3 Å². The topological polar surface area (TPSA) is 60.8 Å². The predicted molar refractivity (Wildman–Crippen MR) is 98.0 cm³/mol. The summed E-state index contributed by atoms with van der Waals surface area (Å²) in [6.45, 7) is 12.5. The van der Waals surface area contributed by atoms with Gasteiger partial charge in [0.25, 0.3) is 6.47 Å². The summed E-state index contributed by atoms with van der Waals surface area (Å²) >= 11 is 0. The van der Waals surface area contributed by atoms with Gasteiger partial charge in [0.05, 0.1) is 6.10 Å². The average Bonchev–Trinajstić information content (AvgIpc) is 2.81. The lowest BCUT2D eigenvalue weighted by molar-refractivity contribution is -0.122. The number of carbonyl (C=O) groups is 1. The van der Waals surface area contributed by atoms with Gasteiger partial charge in [-0.1, -0.05) is 30.3 Å². The van der Waals surface area contributed by atoms with E-state index in [0.717, 1.165) is 24.9 Å². The lowest BCUT2D eigenvalue weighted by Gasteiger charge is -2.42. The van der Waals surface area contributed by atoms with Crippen molar-refractivity contribution < 1.29 is 15.0 Å². The molecule has 1 aliphatic heterocycles. The number of nitrogens with zero attached hydrogens (tertiary/aromatic N) is 1. The van der Waals surface area contributed by atoms with Crippen LogP contribution in [0.1, 0.15) is 65.5 Å². The Morgan fingerprint density at radius 3 is 2.29 bits per heavy atom. The second-order valence-electron chi connectivity index (χ2n) is 8.27. The van der Waals surface area contributed by atoms with Crippen LogP contribution >= 0.6 is 0 Å². The van der Waals surface area contributed by atoms with Crippen LogP contribution in [0.25, 0.3) is 0 Å². The summed E-state index contributed by atoms with van der Waals surface area (Å²) in [5, 5.41) is 17.2.